The van der Waals surface area contributed by atoms with E-state index in [0.29, 0.717) is 12.0 Å². The summed E-state index contributed by atoms with van der Waals surface area (Å²) < 4.78 is 0. The zero-order valence-corrected chi connectivity index (χ0v) is 11.9. The molecule has 2 saturated carbocycles. The van der Waals surface area contributed by atoms with Gasteiger partial charge in [0.05, 0.1) is 5.69 Å². The third kappa shape index (κ3) is 3.29. The molecule has 2 aliphatic rings. The molecule has 2 aromatic heterocycles. The highest BCUT2D eigenvalue weighted by Gasteiger charge is 2.27. The molecular formula is C16H19N5. The highest BCUT2D eigenvalue weighted by atomic mass is 15.2. The van der Waals surface area contributed by atoms with E-state index in [-0.39, 0.29) is 0 Å². The zero-order valence-electron chi connectivity index (χ0n) is 11.9. The summed E-state index contributed by atoms with van der Waals surface area (Å²) in [5.41, 5.74) is 2.32. The summed E-state index contributed by atoms with van der Waals surface area (Å²) in [6, 6.07) is 6.68. The van der Waals surface area contributed by atoms with Crippen molar-refractivity contribution in [2.75, 3.05) is 10.6 Å². The minimum absolute atomic E-state index is 0.575. The van der Waals surface area contributed by atoms with Gasteiger partial charge in [0.25, 0.3) is 0 Å². The molecule has 5 nitrogen and oxygen atoms in total. The van der Waals surface area contributed by atoms with E-state index in [0.717, 1.165) is 23.9 Å². The standard InChI is InChI=1S/C16H19N5/c1-2-11(9-17-7-1)10-18-15-8-14(12-3-4-12)20-16(21-15)19-13-5-6-13/h1-2,7-9,12-13H,3-6,10H2,(H2,18,19,20,21). The van der Waals surface area contributed by atoms with Crippen LogP contribution in [0.2, 0.25) is 0 Å². The highest BCUT2D eigenvalue weighted by molar-refractivity contribution is 5.45. The number of hydrogen-bond donors (Lipinski definition) is 2. The van der Waals surface area contributed by atoms with Crippen LogP contribution in [0.15, 0.2) is 30.6 Å². The average molecular weight is 281 g/mol. The van der Waals surface area contributed by atoms with Gasteiger partial charge in [0.2, 0.25) is 5.95 Å². The number of aromatic nitrogens is 3. The highest BCUT2D eigenvalue weighted by Crippen LogP contribution is 2.40. The van der Waals surface area contributed by atoms with Gasteiger partial charge in [-0.1, -0.05) is 6.07 Å². The van der Waals surface area contributed by atoms with Gasteiger partial charge >= 0.3 is 0 Å². The fraction of sp³-hybridized carbons (Fsp3) is 0.438. The van der Waals surface area contributed by atoms with E-state index in [1.54, 1.807) is 6.20 Å². The number of anilines is 2. The lowest BCUT2D eigenvalue weighted by molar-refractivity contribution is 0.957. The summed E-state index contributed by atoms with van der Waals surface area (Å²) in [7, 11) is 0. The first kappa shape index (κ1) is 12.6. The topological polar surface area (TPSA) is 62.7 Å². The summed E-state index contributed by atoms with van der Waals surface area (Å²) in [6.07, 6.45) is 8.63. The molecule has 0 spiro atoms. The Hall–Kier alpha value is -2.17. The van der Waals surface area contributed by atoms with Crippen molar-refractivity contribution in [3.63, 3.8) is 0 Å². The molecule has 0 saturated heterocycles. The monoisotopic (exact) mass is 281 g/mol. The Balaban J connectivity index is 1.50. The molecule has 2 heterocycles. The minimum Gasteiger partial charge on any atom is -0.366 e. The molecule has 0 aliphatic heterocycles. The van der Waals surface area contributed by atoms with Gasteiger partial charge < -0.3 is 10.6 Å². The molecule has 0 aromatic carbocycles. The van der Waals surface area contributed by atoms with Crippen LogP contribution in [0.1, 0.15) is 42.9 Å². The van der Waals surface area contributed by atoms with Gasteiger partial charge in [0.15, 0.2) is 0 Å². The van der Waals surface area contributed by atoms with Crippen LogP contribution in [-0.4, -0.2) is 21.0 Å². The molecule has 0 bridgehead atoms. The quantitative estimate of drug-likeness (QED) is 0.852. The smallest absolute Gasteiger partial charge is 0.225 e. The fourth-order valence-electron chi connectivity index (χ4n) is 2.31. The molecule has 5 heteroatoms. The maximum Gasteiger partial charge on any atom is 0.225 e. The first-order valence-electron chi connectivity index (χ1n) is 7.65. The zero-order chi connectivity index (χ0) is 14.1. The number of rotatable bonds is 6. The predicted molar refractivity (Wildman–Crippen MR) is 82.2 cm³/mol. The Morgan fingerprint density at radius 3 is 2.76 bits per heavy atom. The SMILES string of the molecule is c1cncc(CNc2cc(C3CC3)nc(NC3CC3)n2)c1. The van der Waals surface area contributed by atoms with E-state index in [1.807, 2.05) is 12.3 Å². The summed E-state index contributed by atoms with van der Waals surface area (Å²) in [5, 5.41) is 6.79. The minimum atomic E-state index is 0.575. The van der Waals surface area contributed by atoms with Crippen LogP contribution < -0.4 is 10.6 Å². The van der Waals surface area contributed by atoms with Gasteiger partial charge in [0.1, 0.15) is 5.82 Å². The Kier molecular flexibility index (Phi) is 3.18. The molecular weight excluding hydrogens is 262 g/mol. The van der Waals surface area contributed by atoms with Crippen molar-refractivity contribution in [3.8, 4) is 0 Å². The van der Waals surface area contributed by atoms with E-state index >= 15 is 0 Å². The number of nitrogens with one attached hydrogen (secondary N) is 2. The Bertz CT molecular complexity index is 620. The normalized spacial score (nSPS) is 17.5. The van der Waals surface area contributed by atoms with Crippen molar-refractivity contribution in [2.24, 2.45) is 0 Å². The van der Waals surface area contributed by atoms with Crippen molar-refractivity contribution < 1.29 is 0 Å². The van der Waals surface area contributed by atoms with Crippen LogP contribution in [-0.2, 0) is 6.54 Å². The van der Waals surface area contributed by atoms with Gasteiger partial charge in [0, 0.05) is 37.0 Å². The maximum atomic E-state index is 4.66. The lowest BCUT2D eigenvalue weighted by Gasteiger charge is -2.10. The van der Waals surface area contributed by atoms with Crippen LogP contribution in [0.25, 0.3) is 0 Å². The second-order valence-electron chi connectivity index (χ2n) is 5.91. The number of hydrogen-bond acceptors (Lipinski definition) is 5. The fourth-order valence-corrected chi connectivity index (χ4v) is 2.31. The Morgan fingerprint density at radius 2 is 2.05 bits per heavy atom. The van der Waals surface area contributed by atoms with Crippen molar-refractivity contribution in [3.05, 3.63) is 41.9 Å². The molecule has 0 radical (unpaired) electrons. The molecule has 21 heavy (non-hydrogen) atoms. The lowest BCUT2D eigenvalue weighted by atomic mass is 10.2. The van der Waals surface area contributed by atoms with Gasteiger partial charge in [-0.15, -0.1) is 0 Å². The first-order valence-corrected chi connectivity index (χ1v) is 7.65. The van der Waals surface area contributed by atoms with Crippen molar-refractivity contribution in [1.82, 2.24) is 15.0 Å². The van der Waals surface area contributed by atoms with Gasteiger partial charge in [-0.25, -0.2) is 4.98 Å². The van der Waals surface area contributed by atoms with Crippen LogP contribution >= 0.6 is 0 Å². The molecule has 2 aromatic rings. The average Bonchev–Trinajstić information content (AvgIpc) is 3.38. The molecule has 108 valence electrons. The van der Waals surface area contributed by atoms with Crippen LogP contribution in [0, 0.1) is 0 Å². The summed E-state index contributed by atoms with van der Waals surface area (Å²) in [6.45, 7) is 0.734. The molecule has 2 N–H and O–H groups in total. The molecule has 0 amide bonds. The van der Waals surface area contributed by atoms with Crippen molar-refractivity contribution in [2.45, 2.75) is 44.2 Å². The lowest BCUT2D eigenvalue weighted by Crippen LogP contribution is -2.10. The van der Waals surface area contributed by atoms with E-state index in [9.17, 15) is 0 Å². The number of pyridine rings is 1. The summed E-state index contributed by atoms with van der Waals surface area (Å²) >= 11 is 0. The van der Waals surface area contributed by atoms with E-state index in [2.05, 4.69) is 37.7 Å². The van der Waals surface area contributed by atoms with Crippen LogP contribution in [0.5, 0.6) is 0 Å². The summed E-state index contributed by atoms with van der Waals surface area (Å²) in [4.78, 5) is 13.4. The van der Waals surface area contributed by atoms with Gasteiger partial charge in [-0.05, 0) is 37.3 Å². The predicted octanol–water partition coefficient (Wildman–Crippen LogP) is 2.94. The van der Waals surface area contributed by atoms with E-state index in [4.69, 9.17) is 0 Å². The largest absolute Gasteiger partial charge is 0.366 e. The van der Waals surface area contributed by atoms with E-state index in [1.165, 1.54) is 31.4 Å². The number of nitrogens with zero attached hydrogens (tertiary/aromatic N) is 3. The summed E-state index contributed by atoms with van der Waals surface area (Å²) in [5.74, 6) is 2.31. The second-order valence-corrected chi connectivity index (χ2v) is 5.91. The Morgan fingerprint density at radius 1 is 1.14 bits per heavy atom. The van der Waals surface area contributed by atoms with E-state index < -0.39 is 0 Å². The molecule has 4 rings (SSSR count). The van der Waals surface area contributed by atoms with Crippen LogP contribution in [0.4, 0.5) is 11.8 Å². The van der Waals surface area contributed by atoms with Gasteiger partial charge in [-0.3, -0.25) is 4.98 Å². The third-order valence-electron chi connectivity index (χ3n) is 3.85. The molecule has 2 fully saturated rings. The molecule has 0 atom stereocenters. The molecule has 0 unspecified atom stereocenters. The van der Waals surface area contributed by atoms with Gasteiger partial charge in [-0.2, -0.15) is 4.98 Å². The van der Waals surface area contributed by atoms with Crippen molar-refractivity contribution >= 4 is 11.8 Å². The molecule has 2 aliphatic carbocycles. The first-order chi connectivity index (χ1) is 10.4. The maximum absolute atomic E-state index is 4.66. The van der Waals surface area contributed by atoms with Crippen LogP contribution in [0.3, 0.4) is 0 Å². The third-order valence-corrected chi connectivity index (χ3v) is 3.85. The second kappa shape index (κ2) is 5.31. The Labute approximate surface area is 124 Å². The van der Waals surface area contributed by atoms with Crippen molar-refractivity contribution in [1.29, 1.82) is 0 Å².